The molecule has 9 heteroatoms. The molecule has 0 aliphatic heterocycles. The Balaban J connectivity index is 1.77. The fourth-order valence-electron chi connectivity index (χ4n) is 4.59. The molecule has 0 saturated carbocycles. The second-order valence-corrected chi connectivity index (χ2v) is 9.67. The molecule has 0 spiro atoms. The summed E-state index contributed by atoms with van der Waals surface area (Å²) in [4.78, 5) is 13.5. The fraction of sp³-hybridized carbons (Fsp3) is 0.0385. The molecule has 2 heterocycles. The van der Waals surface area contributed by atoms with Gasteiger partial charge in [-0.1, -0.05) is 54.6 Å². The number of halogens is 3. The highest BCUT2D eigenvalue weighted by molar-refractivity contribution is 7.88. The largest absolute Gasteiger partial charge is 0.534 e. The van der Waals surface area contributed by atoms with Crippen LogP contribution in [-0.2, 0) is 10.1 Å². The van der Waals surface area contributed by atoms with Crippen LogP contribution in [0.3, 0.4) is 0 Å². The van der Waals surface area contributed by atoms with Crippen molar-refractivity contribution in [3.8, 4) is 16.9 Å². The number of benzene rings is 4. The second kappa shape index (κ2) is 7.19. The molecule has 0 unspecified atom stereocenters. The Labute approximate surface area is 196 Å². The second-order valence-electron chi connectivity index (χ2n) is 8.13. The zero-order valence-electron chi connectivity index (χ0n) is 17.7. The number of hydrogen-bond donors (Lipinski definition) is 0. The fourth-order valence-corrected chi connectivity index (χ4v) is 5.04. The van der Waals surface area contributed by atoms with Crippen molar-refractivity contribution in [3.05, 3.63) is 95.3 Å². The average molecular weight is 493 g/mol. The number of fused-ring (bicyclic) bond motifs is 5. The van der Waals surface area contributed by atoms with E-state index in [-0.39, 0.29) is 5.56 Å². The molecule has 2 aromatic heterocycles. The maximum atomic E-state index is 13.5. The van der Waals surface area contributed by atoms with Gasteiger partial charge in [0.2, 0.25) is 0 Å². The number of pyridine rings is 1. The molecule has 0 fully saturated rings. The van der Waals surface area contributed by atoms with Crippen molar-refractivity contribution in [1.29, 1.82) is 0 Å². The summed E-state index contributed by atoms with van der Waals surface area (Å²) in [6, 6.07) is 24.0. The van der Waals surface area contributed by atoms with Crippen LogP contribution in [0, 0.1) is 0 Å². The van der Waals surface area contributed by atoms with Crippen molar-refractivity contribution in [1.82, 2.24) is 4.40 Å². The van der Waals surface area contributed by atoms with E-state index < -0.39 is 21.4 Å². The summed E-state index contributed by atoms with van der Waals surface area (Å²) in [5.41, 5.74) is -3.15. The Bertz CT molecular complexity index is 1950. The van der Waals surface area contributed by atoms with E-state index in [4.69, 9.17) is 0 Å². The molecule has 0 bridgehead atoms. The van der Waals surface area contributed by atoms with Crippen LogP contribution in [0.1, 0.15) is 0 Å². The molecular weight excluding hydrogens is 479 g/mol. The van der Waals surface area contributed by atoms with Gasteiger partial charge in [0.1, 0.15) is 5.75 Å². The first-order valence-electron chi connectivity index (χ1n) is 10.5. The lowest BCUT2D eigenvalue weighted by atomic mass is 9.98. The summed E-state index contributed by atoms with van der Waals surface area (Å²) in [6.45, 7) is 0. The van der Waals surface area contributed by atoms with Crippen molar-refractivity contribution in [3.63, 3.8) is 0 Å². The summed E-state index contributed by atoms with van der Waals surface area (Å²) in [7, 11) is -5.89. The highest BCUT2D eigenvalue weighted by atomic mass is 32.2. The van der Waals surface area contributed by atoms with Gasteiger partial charge in [-0.2, -0.15) is 21.6 Å². The van der Waals surface area contributed by atoms with E-state index in [1.165, 1.54) is 16.5 Å². The van der Waals surface area contributed by atoms with Gasteiger partial charge in [0.25, 0.3) is 5.56 Å². The Morgan fingerprint density at radius 1 is 0.686 bits per heavy atom. The number of nitrogens with zero attached hydrogens (tertiary/aromatic N) is 1. The lowest BCUT2D eigenvalue weighted by molar-refractivity contribution is -0.0500. The van der Waals surface area contributed by atoms with Gasteiger partial charge in [0.15, 0.2) is 0 Å². The van der Waals surface area contributed by atoms with Crippen LogP contribution in [0.5, 0.6) is 5.75 Å². The first-order chi connectivity index (χ1) is 16.7. The molecule has 174 valence electrons. The molecule has 5 nitrogen and oxygen atoms in total. The molecule has 0 N–H and O–H groups in total. The van der Waals surface area contributed by atoms with E-state index in [0.717, 1.165) is 11.1 Å². The number of alkyl halides is 3. The van der Waals surface area contributed by atoms with Crippen LogP contribution in [0.25, 0.3) is 49.1 Å². The maximum absolute atomic E-state index is 13.5. The Morgan fingerprint density at radius 2 is 1.34 bits per heavy atom. The van der Waals surface area contributed by atoms with Crippen LogP contribution in [0.4, 0.5) is 13.2 Å². The van der Waals surface area contributed by atoms with E-state index in [2.05, 4.69) is 4.18 Å². The monoisotopic (exact) mass is 493 g/mol. The smallest absolute Gasteiger partial charge is 0.376 e. The zero-order chi connectivity index (χ0) is 24.5. The summed E-state index contributed by atoms with van der Waals surface area (Å²) in [5, 5.41) is 2.22. The van der Waals surface area contributed by atoms with Gasteiger partial charge < -0.3 is 4.18 Å². The minimum Gasteiger partial charge on any atom is -0.376 e. The molecule has 0 radical (unpaired) electrons. The van der Waals surface area contributed by atoms with Gasteiger partial charge in [-0.15, -0.1) is 0 Å². The van der Waals surface area contributed by atoms with Gasteiger partial charge in [-0.25, -0.2) is 0 Å². The summed E-state index contributed by atoms with van der Waals surface area (Å²) in [6.07, 6.45) is 0. The van der Waals surface area contributed by atoms with Crippen LogP contribution in [0.15, 0.2) is 89.7 Å². The zero-order valence-corrected chi connectivity index (χ0v) is 18.5. The summed E-state index contributed by atoms with van der Waals surface area (Å²) < 4.78 is 68.7. The van der Waals surface area contributed by atoms with Crippen LogP contribution < -0.4 is 9.74 Å². The lowest BCUT2D eigenvalue weighted by Crippen LogP contribution is -2.28. The first-order valence-corrected chi connectivity index (χ1v) is 11.9. The molecule has 0 amide bonds. The maximum Gasteiger partial charge on any atom is 0.534 e. The normalized spacial score (nSPS) is 12.8. The Hall–Kier alpha value is -4.11. The molecule has 0 atom stereocenters. The Kier molecular flexibility index (Phi) is 4.40. The third-order valence-electron chi connectivity index (χ3n) is 6.08. The first kappa shape index (κ1) is 21.4. The Morgan fingerprint density at radius 3 is 2.06 bits per heavy atom. The molecule has 4 aromatic carbocycles. The van der Waals surface area contributed by atoms with Gasteiger partial charge in [-0.3, -0.25) is 9.20 Å². The topological polar surface area (TPSA) is 64.9 Å². The predicted molar refractivity (Wildman–Crippen MR) is 128 cm³/mol. The number of rotatable bonds is 3. The minimum absolute atomic E-state index is 0.283. The standard InChI is InChI=1S/C26H14F3NO4S/c27-26(28,29)35(32,33)34-17-13-21-18-8-4-5-9-23(18)30-24(21)22(14-17)20-12-16(10-11-19(20)25(30)31)15-6-2-1-3-7-15/h1-14H. The van der Waals surface area contributed by atoms with E-state index in [1.54, 1.807) is 42.5 Å². The molecule has 0 aliphatic rings. The van der Waals surface area contributed by atoms with E-state index in [1.807, 2.05) is 30.3 Å². The molecule has 35 heavy (non-hydrogen) atoms. The lowest BCUT2D eigenvalue weighted by Gasteiger charge is -2.12. The molecule has 0 aliphatic carbocycles. The van der Waals surface area contributed by atoms with Crippen molar-refractivity contribution in [2.45, 2.75) is 5.51 Å². The van der Waals surface area contributed by atoms with Gasteiger partial charge in [0, 0.05) is 21.5 Å². The summed E-state index contributed by atoms with van der Waals surface area (Å²) in [5.74, 6) is -0.488. The van der Waals surface area contributed by atoms with Gasteiger partial charge >= 0.3 is 15.6 Å². The van der Waals surface area contributed by atoms with E-state index in [0.29, 0.717) is 38.0 Å². The van der Waals surface area contributed by atoms with Crippen LogP contribution in [0.2, 0.25) is 0 Å². The van der Waals surface area contributed by atoms with Crippen molar-refractivity contribution >= 4 is 48.1 Å². The third-order valence-corrected chi connectivity index (χ3v) is 7.06. The minimum atomic E-state index is -5.89. The molecular formula is C26H14F3NO4S. The molecule has 6 rings (SSSR count). The van der Waals surface area contributed by atoms with Gasteiger partial charge in [-0.05, 0) is 46.8 Å². The quantitative estimate of drug-likeness (QED) is 0.170. The summed E-state index contributed by atoms with van der Waals surface area (Å²) >= 11 is 0. The third kappa shape index (κ3) is 3.15. The van der Waals surface area contributed by atoms with Gasteiger partial charge in [0.05, 0.1) is 11.0 Å². The molecule has 0 saturated heterocycles. The number of para-hydroxylation sites is 1. The average Bonchev–Trinajstić information content (AvgIpc) is 3.17. The van der Waals surface area contributed by atoms with Crippen LogP contribution >= 0.6 is 0 Å². The van der Waals surface area contributed by atoms with E-state index in [9.17, 15) is 26.4 Å². The van der Waals surface area contributed by atoms with Crippen molar-refractivity contribution < 1.29 is 25.8 Å². The predicted octanol–water partition coefficient (Wildman–Crippen LogP) is 6.09. The van der Waals surface area contributed by atoms with Crippen molar-refractivity contribution in [2.75, 3.05) is 0 Å². The molecule has 6 aromatic rings. The van der Waals surface area contributed by atoms with E-state index >= 15 is 0 Å². The van der Waals surface area contributed by atoms with Crippen molar-refractivity contribution in [2.24, 2.45) is 0 Å². The highest BCUT2D eigenvalue weighted by Gasteiger charge is 2.48. The SMILES string of the molecule is O=c1c2ccc(-c3ccccc3)cc2c2cc(OS(=O)(=O)C(F)(F)F)cc3c4ccccc4n1c23. The number of aromatic nitrogens is 1. The van der Waals surface area contributed by atoms with Crippen LogP contribution in [-0.4, -0.2) is 18.3 Å². The number of hydrogen-bond acceptors (Lipinski definition) is 4. The highest BCUT2D eigenvalue weighted by Crippen LogP contribution is 2.39.